The van der Waals surface area contributed by atoms with Gasteiger partial charge in [-0.25, -0.2) is 0 Å². The molecule has 0 spiro atoms. The number of carbonyl (C=O) groups is 3. The van der Waals surface area contributed by atoms with Crippen LogP contribution in [0.2, 0.25) is 0 Å². The van der Waals surface area contributed by atoms with Crippen LogP contribution >= 0.6 is 0 Å². The van der Waals surface area contributed by atoms with E-state index < -0.39 is 6.10 Å². The van der Waals surface area contributed by atoms with Crippen LogP contribution in [-0.4, -0.2) is 37.2 Å². The molecule has 0 radical (unpaired) electrons. The Morgan fingerprint density at radius 1 is 0.396 bits per heavy atom. The summed E-state index contributed by atoms with van der Waals surface area (Å²) in [5, 5.41) is 0. The van der Waals surface area contributed by atoms with Gasteiger partial charge in [-0.1, -0.05) is 198 Å². The summed E-state index contributed by atoms with van der Waals surface area (Å²) in [6, 6.07) is 0. The molecule has 0 bridgehead atoms. The van der Waals surface area contributed by atoms with E-state index in [1.807, 2.05) is 12.2 Å². The second-order valence-corrected chi connectivity index (χ2v) is 14.6. The first kappa shape index (κ1) is 50.4. The van der Waals surface area contributed by atoms with E-state index in [1.54, 1.807) is 0 Å². The highest BCUT2D eigenvalue weighted by Crippen LogP contribution is 2.14. The summed E-state index contributed by atoms with van der Waals surface area (Å²) >= 11 is 0. The van der Waals surface area contributed by atoms with Crippen LogP contribution in [0.25, 0.3) is 0 Å². The molecule has 0 N–H and O–H groups in total. The van der Waals surface area contributed by atoms with Gasteiger partial charge in [0.2, 0.25) is 0 Å². The first-order valence-corrected chi connectivity index (χ1v) is 22.1. The normalized spacial score (nSPS) is 12.4. The predicted octanol–water partition coefficient (Wildman–Crippen LogP) is 14.0. The number of carbonyl (C=O) groups excluding carboxylic acids is 3. The Morgan fingerprint density at radius 3 is 1.11 bits per heavy atom. The third-order valence-corrected chi connectivity index (χ3v) is 9.36. The van der Waals surface area contributed by atoms with Gasteiger partial charge >= 0.3 is 17.9 Å². The Bertz CT molecular complexity index is 949. The lowest BCUT2D eigenvalue weighted by molar-refractivity contribution is -0.166. The van der Waals surface area contributed by atoms with Crippen LogP contribution in [0.15, 0.2) is 48.6 Å². The molecule has 0 amide bonds. The van der Waals surface area contributed by atoms with E-state index in [1.165, 1.54) is 103 Å². The topological polar surface area (TPSA) is 78.9 Å². The molecule has 6 nitrogen and oxygen atoms in total. The van der Waals surface area contributed by atoms with Crippen LogP contribution in [0.4, 0.5) is 0 Å². The summed E-state index contributed by atoms with van der Waals surface area (Å²) in [5.74, 6) is -0.988. The van der Waals surface area contributed by atoms with Gasteiger partial charge in [0.1, 0.15) is 13.2 Å². The largest absolute Gasteiger partial charge is 0.462 e. The van der Waals surface area contributed by atoms with Crippen molar-refractivity contribution in [3.63, 3.8) is 0 Å². The van der Waals surface area contributed by atoms with E-state index >= 15 is 0 Å². The Labute approximate surface area is 327 Å². The number of ether oxygens (including phenoxy) is 3. The zero-order chi connectivity index (χ0) is 38.7. The third kappa shape index (κ3) is 40.4. The van der Waals surface area contributed by atoms with Crippen LogP contribution < -0.4 is 0 Å². The van der Waals surface area contributed by atoms with Crippen molar-refractivity contribution in [3.8, 4) is 0 Å². The fourth-order valence-electron chi connectivity index (χ4n) is 6.04. The molecule has 0 aliphatic carbocycles. The second-order valence-electron chi connectivity index (χ2n) is 14.6. The van der Waals surface area contributed by atoms with E-state index in [9.17, 15) is 14.4 Å². The summed E-state index contributed by atoms with van der Waals surface area (Å²) in [5.41, 5.74) is 0. The first-order chi connectivity index (χ1) is 26.0. The molecule has 0 saturated carbocycles. The van der Waals surface area contributed by atoms with Crippen molar-refractivity contribution in [2.24, 2.45) is 0 Å². The number of hydrogen-bond acceptors (Lipinski definition) is 6. The van der Waals surface area contributed by atoms with E-state index in [4.69, 9.17) is 14.2 Å². The fourth-order valence-corrected chi connectivity index (χ4v) is 6.04. The zero-order valence-electron chi connectivity index (χ0n) is 34.8. The maximum atomic E-state index is 12.6. The van der Waals surface area contributed by atoms with Gasteiger partial charge in [-0.15, -0.1) is 0 Å². The molecule has 1 atom stereocenters. The van der Waals surface area contributed by atoms with Crippen LogP contribution in [0, 0.1) is 0 Å². The quantitative estimate of drug-likeness (QED) is 0.0270. The van der Waals surface area contributed by atoms with Crippen LogP contribution in [0.5, 0.6) is 0 Å². The maximum Gasteiger partial charge on any atom is 0.306 e. The lowest BCUT2D eigenvalue weighted by atomic mass is 10.0. The highest BCUT2D eigenvalue weighted by molar-refractivity contribution is 5.71. The lowest BCUT2D eigenvalue weighted by Crippen LogP contribution is -2.30. The fraction of sp³-hybridized carbons (Fsp3) is 0.766. The van der Waals surface area contributed by atoms with Gasteiger partial charge in [0.25, 0.3) is 0 Å². The average molecular weight is 743 g/mol. The molecule has 0 aromatic carbocycles. The van der Waals surface area contributed by atoms with Crippen molar-refractivity contribution < 1.29 is 28.6 Å². The minimum Gasteiger partial charge on any atom is -0.462 e. The van der Waals surface area contributed by atoms with Gasteiger partial charge in [0.05, 0.1) is 0 Å². The SMILES string of the molecule is CC/C=C\C/C=C\C/C=C\C/C=C\CCC(=O)OC(COC(=O)CCCCCCCCC)COC(=O)CCCCCCCCCCCCCCCCC. The summed E-state index contributed by atoms with van der Waals surface area (Å²) < 4.78 is 16.6. The molecule has 0 aliphatic rings. The van der Waals surface area contributed by atoms with Gasteiger partial charge < -0.3 is 14.2 Å². The van der Waals surface area contributed by atoms with Crippen molar-refractivity contribution in [2.45, 2.75) is 219 Å². The van der Waals surface area contributed by atoms with Crippen molar-refractivity contribution in [2.75, 3.05) is 13.2 Å². The molecular weight excluding hydrogens is 661 g/mol. The monoisotopic (exact) mass is 743 g/mol. The Kier molecular flexibility index (Phi) is 40.0. The molecule has 1 unspecified atom stereocenters. The third-order valence-electron chi connectivity index (χ3n) is 9.36. The van der Waals surface area contributed by atoms with Crippen LogP contribution in [0.3, 0.4) is 0 Å². The summed E-state index contributed by atoms with van der Waals surface area (Å²) in [4.78, 5) is 37.5. The van der Waals surface area contributed by atoms with Crippen molar-refractivity contribution in [1.29, 1.82) is 0 Å². The first-order valence-electron chi connectivity index (χ1n) is 22.1. The number of hydrogen-bond donors (Lipinski definition) is 0. The predicted molar refractivity (Wildman–Crippen MR) is 224 cm³/mol. The molecule has 0 aliphatic heterocycles. The summed E-state index contributed by atoms with van der Waals surface area (Å²) in [6.45, 7) is 6.41. The average Bonchev–Trinajstić information content (AvgIpc) is 3.15. The highest BCUT2D eigenvalue weighted by Gasteiger charge is 2.19. The minimum atomic E-state index is -0.803. The van der Waals surface area contributed by atoms with Gasteiger partial charge in [0, 0.05) is 19.3 Å². The van der Waals surface area contributed by atoms with Gasteiger partial charge in [0.15, 0.2) is 6.10 Å². The Morgan fingerprint density at radius 2 is 0.736 bits per heavy atom. The number of esters is 3. The summed E-state index contributed by atoms with van der Waals surface area (Å²) in [6.07, 6.45) is 48.3. The molecule has 306 valence electrons. The molecule has 0 saturated heterocycles. The smallest absolute Gasteiger partial charge is 0.306 e. The molecule has 0 aromatic rings. The second kappa shape index (κ2) is 42.1. The van der Waals surface area contributed by atoms with Gasteiger partial charge in [-0.2, -0.15) is 0 Å². The van der Waals surface area contributed by atoms with E-state index in [-0.39, 0.29) is 37.5 Å². The van der Waals surface area contributed by atoms with E-state index in [0.717, 1.165) is 64.2 Å². The van der Waals surface area contributed by atoms with E-state index in [2.05, 4.69) is 57.2 Å². The number of rotatable bonds is 39. The maximum absolute atomic E-state index is 12.6. The van der Waals surface area contributed by atoms with Gasteiger partial charge in [-0.05, 0) is 44.9 Å². The molecule has 53 heavy (non-hydrogen) atoms. The van der Waals surface area contributed by atoms with Crippen molar-refractivity contribution in [3.05, 3.63) is 48.6 Å². The molecule has 0 rings (SSSR count). The minimum absolute atomic E-state index is 0.0992. The number of unbranched alkanes of at least 4 members (excludes halogenated alkanes) is 20. The van der Waals surface area contributed by atoms with Crippen molar-refractivity contribution in [1.82, 2.24) is 0 Å². The summed E-state index contributed by atoms with van der Waals surface area (Å²) in [7, 11) is 0. The molecule has 0 fully saturated rings. The van der Waals surface area contributed by atoms with Crippen LogP contribution in [-0.2, 0) is 28.6 Å². The van der Waals surface area contributed by atoms with Crippen molar-refractivity contribution >= 4 is 17.9 Å². The zero-order valence-corrected chi connectivity index (χ0v) is 34.8. The van der Waals surface area contributed by atoms with Gasteiger partial charge in [-0.3, -0.25) is 14.4 Å². The number of allylic oxidation sites excluding steroid dienone is 8. The Balaban J connectivity index is 4.38. The van der Waals surface area contributed by atoms with Crippen LogP contribution in [0.1, 0.15) is 213 Å². The van der Waals surface area contributed by atoms with E-state index in [0.29, 0.717) is 19.3 Å². The highest BCUT2D eigenvalue weighted by atomic mass is 16.6. The molecular formula is C47H82O6. The Hall–Kier alpha value is -2.63. The molecule has 0 aromatic heterocycles. The molecule has 0 heterocycles. The standard InChI is InChI=1S/C47H82O6/c1-4-7-10-13-16-18-20-22-23-25-26-28-31-34-37-40-46(49)52-43-44(42-51-45(48)39-36-33-30-15-12-9-6-3)53-47(50)41-38-35-32-29-27-24-21-19-17-14-11-8-5-2/h8,11,17,19,24,27,32,35,44H,4-7,9-10,12-16,18,20-23,25-26,28-31,33-34,36-43H2,1-3H3/b11-8-,19-17-,27-24-,35-32-. The molecule has 6 heteroatoms. The lowest BCUT2D eigenvalue weighted by Gasteiger charge is -2.18.